The molecule has 19 heavy (non-hydrogen) atoms. The molecule has 0 spiro atoms. The molecule has 0 saturated heterocycles. The van der Waals surface area contributed by atoms with Gasteiger partial charge in [-0.1, -0.05) is 45.4 Å². The third kappa shape index (κ3) is 3.60. The molecule has 2 rings (SSSR count). The number of nitrogens with zero attached hydrogens (tertiary/aromatic N) is 1. The van der Waals surface area contributed by atoms with Crippen LogP contribution in [0.1, 0.15) is 56.7 Å². The first-order chi connectivity index (χ1) is 9.28. The second kappa shape index (κ2) is 7.09. The molecule has 0 saturated carbocycles. The Balaban J connectivity index is 2.05. The molecule has 0 heterocycles. The Morgan fingerprint density at radius 1 is 0.947 bits per heavy atom. The van der Waals surface area contributed by atoms with Gasteiger partial charge in [-0.2, -0.15) is 0 Å². The Kier molecular flexibility index (Phi) is 5.45. The Morgan fingerprint density at radius 3 is 2.26 bits per heavy atom. The molecule has 0 N–H and O–H groups in total. The first-order valence-electron chi connectivity index (χ1n) is 8.13. The van der Waals surface area contributed by atoms with Crippen molar-refractivity contribution in [3.63, 3.8) is 0 Å². The summed E-state index contributed by atoms with van der Waals surface area (Å²) in [6.07, 6.45) is 7.56. The van der Waals surface area contributed by atoms with E-state index >= 15 is 0 Å². The fourth-order valence-corrected chi connectivity index (χ4v) is 3.40. The van der Waals surface area contributed by atoms with Gasteiger partial charge in [-0.3, -0.25) is 4.90 Å². The minimum Gasteiger partial charge on any atom is -0.300 e. The largest absolute Gasteiger partial charge is 0.300 e. The highest BCUT2D eigenvalue weighted by Gasteiger charge is 2.25. The SMILES string of the molecule is CCCc1ccc2c(c1)CC(N(CCC)CCC)C2. The summed E-state index contributed by atoms with van der Waals surface area (Å²) in [4.78, 5) is 2.71. The van der Waals surface area contributed by atoms with E-state index in [2.05, 4.69) is 43.9 Å². The predicted octanol–water partition coefficient (Wildman–Crippen LogP) is 4.23. The van der Waals surface area contributed by atoms with Crippen molar-refractivity contribution in [2.75, 3.05) is 13.1 Å². The lowest BCUT2D eigenvalue weighted by molar-refractivity contribution is 0.202. The molecule has 1 nitrogen and oxygen atoms in total. The normalized spacial score (nSPS) is 18.0. The van der Waals surface area contributed by atoms with Crippen molar-refractivity contribution in [2.45, 2.75) is 65.3 Å². The second-order valence-corrected chi connectivity index (χ2v) is 5.95. The van der Waals surface area contributed by atoms with Crippen LogP contribution in [0.15, 0.2) is 18.2 Å². The fourth-order valence-electron chi connectivity index (χ4n) is 3.40. The average Bonchev–Trinajstić information content (AvgIpc) is 2.82. The topological polar surface area (TPSA) is 3.24 Å². The minimum atomic E-state index is 0.756. The van der Waals surface area contributed by atoms with Crippen LogP contribution < -0.4 is 0 Å². The minimum absolute atomic E-state index is 0.756. The number of hydrogen-bond acceptors (Lipinski definition) is 1. The molecule has 1 aliphatic rings. The van der Waals surface area contributed by atoms with Gasteiger partial charge in [0.1, 0.15) is 0 Å². The smallest absolute Gasteiger partial charge is 0.0176 e. The molecule has 0 amide bonds. The van der Waals surface area contributed by atoms with Crippen molar-refractivity contribution >= 4 is 0 Å². The molecule has 1 aliphatic carbocycles. The van der Waals surface area contributed by atoms with Gasteiger partial charge in [0.2, 0.25) is 0 Å². The van der Waals surface area contributed by atoms with Crippen LogP contribution in [-0.4, -0.2) is 24.0 Å². The van der Waals surface area contributed by atoms with E-state index in [0.29, 0.717) is 0 Å². The summed E-state index contributed by atoms with van der Waals surface area (Å²) < 4.78 is 0. The zero-order valence-corrected chi connectivity index (χ0v) is 12.9. The summed E-state index contributed by atoms with van der Waals surface area (Å²) in [6.45, 7) is 9.37. The Hall–Kier alpha value is -0.820. The number of rotatable bonds is 7. The quantitative estimate of drug-likeness (QED) is 0.708. The molecule has 106 valence electrons. The first kappa shape index (κ1) is 14.6. The van der Waals surface area contributed by atoms with E-state index in [0.717, 1.165) is 6.04 Å². The molecule has 1 heteroatoms. The van der Waals surface area contributed by atoms with Crippen molar-refractivity contribution < 1.29 is 0 Å². The van der Waals surface area contributed by atoms with Crippen LogP contribution in [-0.2, 0) is 19.3 Å². The number of aryl methyl sites for hydroxylation is 1. The van der Waals surface area contributed by atoms with Gasteiger partial charge >= 0.3 is 0 Å². The summed E-state index contributed by atoms with van der Waals surface area (Å²) in [7, 11) is 0. The molecule has 0 radical (unpaired) electrons. The summed E-state index contributed by atoms with van der Waals surface area (Å²) in [5.74, 6) is 0. The molecular formula is C18H29N. The van der Waals surface area contributed by atoms with Gasteiger partial charge in [0.15, 0.2) is 0 Å². The molecular weight excluding hydrogens is 230 g/mol. The molecule has 1 unspecified atom stereocenters. The van der Waals surface area contributed by atoms with Gasteiger partial charge in [0.25, 0.3) is 0 Å². The van der Waals surface area contributed by atoms with Crippen molar-refractivity contribution in [1.29, 1.82) is 0 Å². The Morgan fingerprint density at radius 2 is 1.63 bits per heavy atom. The highest BCUT2D eigenvalue weighted by molar-refractivity contribution is 5.37. The predicted molar refractivity (Wildman–Crippen MR) is 83.8 cm³/mol. The number of hydrogen-bond donors (Lipinski definition) is 0. The molecule has 0 aromatic heterocycles. The van der Waals surface area contributed by atoms with E-state index in [9.17, 15) is 0 Å². The van der Waals surface area contributed by atoms with Crippen molar-refractivity contribution in [1.82, 2.24) is 4.90 Å². The molecule has 0 aliphatic heterocycles. The van der Waals surface area contributed by atoms with Gasteiger partial charge < -0.3 is 0 Å². The Bertz CT molecular complexity index is 391. The lowest BCUT2D eigenvalue weighted by Gasteiger charge is -2.27. The van der Waals surface area contributed by atoms with Crippen molar-refractivity contribution in [2.24, 2.45) is 0 Å². The molecule has 0 fully saturated rings. The molecule has 1 aromatic carbocycles. The van der Waals surface area contributed by atoms with E-state index in [-0.39, 0.29) is 0 Å². The molecule has 1 atom stereocenters. The maximum Gasteiger partial charge on any atom is 0.0176 e. The van der Waals surface area contributed by atoms with Crippen LogP contribution in [0.4, 0.5) is 0 Å². The highest BCUT2D eigenvalue weighted by Crippen LogP contribution is 2.27. The lowest BCUT2D eigenvalue weighted by Crippen LogP contribution is -2.37. The van der Waals surface area contributed by atoms with E-state index in [1.54, 1.807) is 11.1 Å². The van der Waals surface area contributed by atoms with Gasteiger partial charge in [-0.05, 0) is 61.9 Å². The van der Waals surface area contributed by atoms with Gasteiger partial charge in [-0.15, -0.1) is 0 Å². The first-order valence-corrected chi connectivity index (χ1v) is 8.13. The van der Waals surface area contributed by atoms with Crippen LogP contribution in [0.3, 0.4) is 0 Å². The average molecular weight is 259 g/mol. The number of benzene rings is 1. The summed E-state index contributed by atoms with van der Waals surface area (Å²) in [5.41, 5.74) is 4.75. The van der Waals surface area contributed by atoms with Crippen molar-refractivity contribution in [3.05, 3.63) is 34.9 Å². The summed E-state index contributed by atoms with van der Waals surface area (Å²) in [5, 5.41) is 0. The zero-order valence-electron chi connectivity index (χ0n) is 12.9. The summed E-state index contributed by atoms with van der Waals surface area (Å²) in [6, 6.07) is 7.95. The van der Waals surface area contributed by atoms with Crippen LogP contribution in [0.5, 0.6) is 0 Å². The van der Waals surface area contributed by atoms with E-state index in [1.165, 1.54) is 57.2 Å². The van der Waals surface area contributed by atoms with Crippen molar-refractivity contribution in [3.8, 4) is 0 Å². The molecule has 0 bridgehead atoms. The monoisotopic (exact) mass is 259 g/mol. The maximum atomic E-state index is 2.71. The number of fused-ring (bicyclic) bond motifs is 1. The summed E-state index contributed by atoms with van der Waals surface area (Å²) >= 11 is 0. The van der Waals surface area contributed by atoms with Crippen LogP contribution >= 0.6 is 0 Å². The van der Waals surface area contributed by atoms with Crippen LogP contribution in [0, 0.1) is 0 Å². The zero-order chi connectivity index (χ0) is 13.7. The second-order valence-electron chi connectivity index (χ2n) is 5.95. The standard InChI is InChI=1S/C18H29N/c1-4-7-15-8-9-16-13-18(14-17(16)12-15)19(10-5-2)11-6-3/h8-9,12,18H,4-7,10-11,13-14H2,1-3H3. The van der Waals surface area contributed by atoms with Crippen LogP contribution in [0.25, 0.3) is 0 Å². The van der Waals surface area contributed by atoms with Gasteiger partial charge in [-0.25, -0.2) is 0 Å². The van der Waals surface area contributed by atoms with Crippen LogP contribution in [0.2, 0.25) is 0 Å². The van der Waals surface area contributed by atoms with Gasteiger partial charge in [0.05, 0.1) is 0 Å². The molecule has 1 aromatic rings. The van der Waals surface area contributed by atoms with E-state index in [4.69, 9.17) is 0 Å². The van der Waals surface area contributed by atoms with E-state index < -0.39 is 0 Å². The third-order valence-corrected chi connectivity index (χ3v) is 4.26. The fraction of sp³-hybridized carbons (Fsp3) is 0.667. The maximum absolute atomic E-state index is 2.71. The van der Waals surface area contributed by atoms with Gasteiger partial charge in [0, 0.05) is 6.04 Å². The Labute approximate surface area is 119 Å². The third-order valence-electron chi connectivity index (χ3n) is 4.26. The van der Waals surface area contributed by atoms with E-state index in [1.807, 2.05) is 0 Å². The highest BCUT2D eigenvalue weighted by atomic mass is 15.1. The lowest BCUT2D eigenvalue weighted by atomic mass is 10.0.